The lowest BCUT2D eigenvalue weighted by molar-refractivity contribution is -0.140. The Morgan fingerprint density at radius 3 is 2.38 bits per heavy atom. The molecule has 0 aliphatic heterocycles. The fourth-order valence-corrected chi connectivity index (χ4v) is 5.23. The normalized spacial score (nSPS) is 11.8. The Kier molecular flexibility index (Phi) is 7.69. The van der Waals surface area contributed by atoms with Crippen LogP contribution >= 0.6 is 11.3 Å². The van der Waals surface area contributed by atoms with E-state index in [1.54, 1.807) is 9.58 Å². The molecule has 2 heterocycles. The standard InChI is InChI=1S/C30H30N6O2S/c1-21-10-12-22(13-11-21)19-35(28(37)20-36-26-8-5-4-7-25(26)32-33-36)29(27-9-6-18-39-27)30(38)31-23-14-16-24(17-15-23)34(2)3/h4-18,29H,19-20H2,1-3H3,(H,31,38). The maximum Gasteiger partial charge on any atom is 0.252 e. The van der Waals surface area contributed by atoms with E-state index >= 15 is 0 Å². The van der Waals surface area contributed by atoms with Gasteiger partial charge in [0.15, 0.2) is 0 Å². The molecule has 39 heavy (non-hydrogen) atoms. The van der Waals surface area contributed by atoms with Crippen molar-refractivity contribution < 1.29 is 9.59 Å². The van der Waals surface area contributed by atoms with Gasteiger partial charge < -0.3 is 15.1 Å². The number of carbonyl (C=O) groups excluding carboxylic acids is 2. The highest BCUT2D eigenvalue weighted by molar-refractivity contribution is 7.10. The van der Waals surface area contributed by atoms with Crippen LogP contribution in [0.3, 0.4) is 0 Å². The number of hydrogen-bond donors (Lipinski definition) is 1. The van der Waals surface area contributed by atoms with Crippen molar-refractivity contribution in [3.63, 3.8) is 0 Å². The number of nitrogens with zero attached hydrogens (tertiary/aromatic N) is 5. The van der Waals surface area contributed by atoms with E-state index in [-0.39, 0.29) is 24.9 Å². The van der Waals surface area contributed by atoms with Crippen LogP contribution < -0.4 is 10.2 Å². The van der Waals surface area contributed by atoms with E-state index < -0.39 is 6.04 Å². The first kappa shape index (κ1) is 26.1. The van der Waals surface area contributed by atoms with Crippen molar-refractivity contribution in [2.75, 3.05) is 24.3 Å². The molecule has 8 nitrogen and oxygen atoms in total. The van der Waals surface area contributed by atoms with E-state index in [2.05, 4.69) is 15.6 Å². The molecule has 0 bridgehead atoms. The molecule has 9 heteroatoms. The van der Waals surface area contributed by atoms with Gasteiger partial charge in [-0.3, -0.25) is 9.59 Å². The second-order valence-electron chi connectivity index (χ2n) is 9.59. The molecule has 1 N–H and O–H groups in total. The highest BCUT2D eigenvalue weighted by Gasteiger charge is 2.33. The fourth-order valence-electron chi connectivity index (χ4n) is 4.39. The number of anilines is 2. The van der Waals surface area contributed by atoms with Crippen LogP contribution in [0, 0.1) is 6.92 Å². The van der Waals surface area contributed by atoms with E-state index in [9.17, 15) is 9.59 Å². The molecule has 198 valence electrons. The molecule has 1 atom stereocenters. The Hall–Kier alpha value is -4.50. The number of thiophene rings is 1. The maximum absolute atomic E-state index is 14.0. The summed E-state index contributed by atoms with van der Waals surface area (Å²) in [6.07, 6.45) is 0. The Morgan fingerprint density at radius 2 is 1.69 bits per heavy atom. The summed E-state index contributed by atoms with van der Waals surface area (Å²) in [6.45, 7) is 2.24. The van der Waals surface area contributed by atoms with Gasteiger partial charge in [-0.2, -0.15) is 0 Å². The Bertz CT molecular complexity index is 1560. The molecule has 5 rings (SSSR count). The maximum atomic E-state index is 14.0. The Labute approximate surface area is 231 Å². The summed E-state index contributed by atoms with van der Waals surface area (Å²) in [6, 6.07) is 26.1. The van der Waals surface area contributed by atoms with Crippen molar-refractivity contribution in [2.45, 2.75) is 26.1 Å². The van der Waals surface area contributed by atoms with E-state index in [0.717, 1.165) is 27.2 Å². The number of para-hydroxylation sites is 1. The van der Waals surface area contributed by atoms with Gasteiger partial charge in [0, 0.05) is 36.9 Å². The van der Waals surface area contributed by atoms with Crippen LogP contribution in [-0.4, -0.2) is 45.8 Å². The summed E-state index contributed by atoms with van der Waals surface area (Å²) in [5, 5.41) is 13.4. The summed E-state index contributed by atoms with van der Waals surface area (Å²) in [5.41, 5.74) is 5.22. The molecule has 2 aromatic heterocycles. The Morgan fingerprint density at radius 1 is 0.949 bits per heavy atom. The molecular formula is C30H30N6O2S. The summed E-state index contributed by atoms with van der Waals surface area (Å²) in [4.78, 5) is 32.3. The van der Waals surface area contributed by atoms with Crippen molar-refractivity contribution in [2.24, 2.45) is 0 Å². The third-order valence-electron chi connectivity index (χ3n) is 6.52. The topological polar surface area (TPSA) is 83.4 Å². The second-order valence-corrected chi connectivity index (χ2v) is 10.6. The minimum atomic E-state index is -0.831. The summed E-state index contributed by atoms with van der Waals surface area (Å²) < 4.78 is 1.59. The van der Waals surface area contributed by atoms with Crippen LogP contribution in [0.1, 0.15) is 22.0 Å². The number of nitrogens with one attached hydrogen (secondary N) is 1. The lowest BCUT2D eigenvalue weighted by Gasteiger charge is -2.31. The molecule has 5 aromatic rings. The SMILES string of the molecule is Cc1ccc(CN(C(=O)Cn2nnc3ccccc32)C(C(=O)Nc2ccc(N(C)C)cc2)c2cccs2)cc1. The smallest absolute Gasteiger partial charge is 0.252 e. The zero-order valence-corrected chi connectivity index (χ0v) is 22.9. The average molecular weight is 539 g/mol. The van der Waals surface area contributed by atoms with Crippen LogP contribution in [0.5, 0.6) is 0 Å². The highest BCUT2D eigenvalue weighted by Crippen LogP contribution is 2.30. The number of amides is 2. The van der Waals surface area contributed by atoms with Gasteiger partial charge in [0.1, 0.15) is 18.1 Å². The van der Waals surface area contributed by atoms with Gasteiger partial charge in [-0.25, -0.2) is 4.68 Å². The highest BCUT2D eigenvalue weighted by atomic mass is 32.1. The number of aromatic nitrogens is 3. The molecule has 1 unspecified atom stereocenters. The zero-order chi connectivity index (χ0) is 27.4. The van der Waals surface area contributed by atoms with Crippen molar-refractivity contribution in [1.29, 1.82) is 0 Å². The third kappa shape index (κ3) is 5.99. The largest absolute Gasteiger partial charge is 0.378 e. The molecule has 0 aliphatic carbocycles. The predicted molar refractivity (Wildman–Crippen MR) is 156 cm³/mol. The van der Waals surface area contributed by atoms with Crippen molar-refractivity contribution in [1.82, 2.24) is 19.9 Å². The van der Waals surface area contributed by atoms with Gasteiger partial charge in [0.25, 0.3) is 5.91 Å². The number of rotatable bonds is 9. The van der Waals surface area contributed by atoms with Crippen molar-refractivity contribution in [3.05, 3.63) is 106 Å². The molecule has 0 spiro atoms. The molecule has 0 saturated carbocycles. The number of carbonyl (C=O) groups is 2. The van der Waals surface area contributed by atoms with Crippen LogP contribution in [0.2, 0.25) is 0 Å². The summed E-state index contributed by atoms with van der Waals surface area (Å²) in [5.74, 6) is -0.512. The van der Waals surface area contributed by atoms with Crippen LogP contribution in [0.25, 0.3) is 11.0 Å². The molecule has 0 aliphatic rings. The first-order valence-corrected chi connectivity index (χ1v) is 13.5. The summed E-state index contributed by atoms with van der Waals surface area (Å²) in [7, 11) is 3.93. The van der Waals surface area contributed by atoms with Gasteiger partial charge in [0.05, 0.1) is 5.52 Å². The van der Waals surface area contributed by atoms with E-state index in [1.807, 2.05) is 116 Å². The Balaban J connectivity index is 1.49. The molecule has 0 radical (unpaired) electrons. The van der Waals surface area contributed by atoms with Crippen LogP contribution in [0.15, 0.2) is 90.3 Å². The minimum absolute atomic E-state index is 0.0426. The minimum Gasteiger partial charge on any atom is -0.378 e. The number of hydrogen-bond acceptors (Lipinski definition) is 6. The van der Waals surface area contributed by atoms with E-state index in [4.69, 9.17) is 0 Å². The molecule has 0 saturated heterocycles. The first-order chi connectivity index (χ1) is 18.9. The van der Waals surface area contributed by atoms with E-state index in [0.29, 0.717) is 11.2 Å². The van der Waals surface area contributed by atoms with Crippen molar-refractivity contribution in [3.8, 4) is 0 Å². The summed E-state index contributed by atoms with van der Waals surface area (Å²) >= 11 is 1.45. The average Bonchev–Trinajstić information content (AvgIpc) is 3.60. The molecule has 3 aromatic carbocycles. The van der Waals surface area contributed by atoms with E-state index in [1.165, 1.54) is 11.3 Å². The predicted octanol–water partition coefficient (Wildman–Crippen LogP) is 5.28. The van der Waals surface area contributed by atoms with Crippen molar-refractivity contribution >= 4 is 45.6 Å². The quantitative estimate of drug-likeness (QED) is 0.276. The molecule has 2 amide bonds. The number of aryl methyl sites for hydroxylation is 1. The lowest BCUT2D eigenvalue weighted by atomic mass is 10.1. The number of fused-ring (bicyclic) bond motifs is 1. The van der Waals surface area contributed by atoms with Crippen LogP contribution in [-0.2, 0) is 22.7 Å². The van der Waals surface area contributed by atoms with Crippen LogP contribution in [0.4, 0.5) is 11.4 Å². The van der Waals surface area contributed by atoms with Gasteiger partial charge in [-0.05, 0) is 60.3 Å². The monoisotopic (exact) mass is 538 g/mol. The lowest BCUT2D eigenvalue weighted by Crippen LogP contribution is -2.42. The molecule has 0 fully saturated rings. The molecular weight excluding hydrogens is 508 g/mol. The van der Waals surface area contributed by atoms with Gasteiger partial charge >= 0.3 is 0 Å². The van der Waals surface area contributed by atoms with Gasteiger partial charge in [-0.1, -0.05) is 53.2 Å². The number of benzene rings is 3. The second kappa shape index (κ2) is 11.5. The van der Waals surface area contributed by atoms with Gasteiger partial charge in [-0.15, -0.1) is 16.4 Å². The zero-order valence-electron chi connectivity index (χ0n) is 22.1. The first-order valence-electron chi connectivity index (χ1n) is 12.6. The fraction of sp³-hybridized carbons (Fsp3) is 0.200. The third-order valence-corrected chi connectivity index (χ3v) is 7.45. The van der Waals surface area contributed by atoms with Gasteiger partial charge in [0.2, 0.25) is 5.91 Å².